The lowest BCUT2D eigenvalue weighted by Crippen LogP contribution is -2.35. The molecule has 1 saturated heterocycles. The van der Waals surface area contributed by atoms with E-state index in [9.17, 15) is 0 Å². The van der Waals surface area contributed by atoms with E-state index in [4.69, 9.17) is 9.47 Å². The maximum Gasteiger partial charge on any atom is 0.104 e. The number of hydrogen-bond acceptors (Lipinski definition) is 2. The second-order valence-corrected chi connectivity index (χ2v) is 11.2. The van der Waals surface area contributed by atoms with Gasteiger partial charge in [-0.3, -0.25) is 0 Å². The molecule has 1 aliphatic heterocycles. The minimum Gasteiger partial charge on any atom is -0.375 e. The molecule has 0 spiro atoms. The van der Waals surface area contributed by atoms with Crippen LogP contribution in [0.1, 0.15) is 40.0 Å². The monoisotopic (exact) mass is 296 g/mol. The van der Waals surface area contributed by atoms with E-state index >= 15 is 0 Å². The molecule has 0 bridgehead atoms. The summed E-state index contributed by atoms with van der Waals surface area (Å²) in [5.74, 6) is 0. The quantitative estimate of drug-likeness (QED) is 0.312. The second kappa shape index (κ2) is 8.80. The predicted molar refractivity (Wildman–Crippen MR) is 89.9 cm³/mol. The lowest BCUT2D eigenvalue weighted by molar-refractivity contribution is 0.138. The van der Waals surface area contributed by atoms with Crippen molar-refractivity contribution >= 4 is 8.07 Å². The number of epoxide rings is 1. The molecule has 0 amide bonds. The first-order valence-electron chi connectivity index (χ1n) is 8.05. The summed E-state index contributed by atoms with van der Waals surface area (Å²) in [5, 5.41) is 1.59. The Morgan fingerprint density at radius 2 is 1.95 bits per heavy atom. The summed E-state index contributed by atoms with van der Waals surface area (Å²) in [6.07, 6.45) is 6.32. The van der Waals surface area contributed by atoms with Gasteiger partial charge in [-0.2, -0.15) is 0 Å². The van der Waals surface area contributed by atoms with Crippen molar-refractivity contribution in [1.82, 2.24) is 0 Å². The Morgan fingerprint density at radius 3 is 2.40 bits per heavy atom. The van der Waals surface area contributed by atoms with Gasteiger partial charge in [-0.25, -0.2) is 0 Å². The van der Waals surface area contributed by atoms with Gasteiger partial charge in [0.25, 0.3) is 0 Å². The molecule has 0 aliphatic carbocycles. The standard InChI is InChI=1S/C17H32O2Si/c1-6-10-20(5,11-7-2)17(9-8-15(3)4)14-18-12-16-13-19-16/h9,16H,3,6-8,10-14H2,1-2,4-5H3/b17-9-/t16-/m1/s1. The Kier molecular flexibility index (Phi) is 7.78. The van der Waals surface area contributed by atoms with Gasteiger partial charge in [0.15, 0.2) is 0 Å². The lowest BCUT2D eigenvalue weighted by Gasteiger charge is -2.30. The van der Waals surface area contributed by atoms with E-state index in [-0.39, 0.29) is 0 Å². The number of ether oxygens (including phenoxy) is 2. The van der Waals surface area contributed by atoms with Gasteiger partial charge in [0.1, 0.15) is 6.10 Å². The first kappa shape index (κ1) is 17.7. The SMILES string of the molecule is C=C(C)C/C=C(/COC[C@@H]1CO1)[Si](C)(CCC)CCC. The predicted octanol–water partition coefficient (Wildman–Crippen LogP) is 4.73. The summed E-state index contributed by atoms with van der Waals surface area (Å²) in [6, 6.07) is 2.73. The van der Waals surface area contributed by atoms with Crippen molar-refractivity contribution in [3.8, 4) is 0 Å². The Hall–Kier alpha value is -0.383. The van der Waals surface area contributed by atoms with Crippen LogP contribution in [0.15, 0.2) is 23.4 Å². The molecule has 1 aliphatic rings. The molecular weight excluding hydrogens is 264 g/mol. The van der Waals surface area contributed by atoms with Crippen LogP contribution in [0.5, 0.6) is 0 Å². The van der Waals surface area contributed by atoms with Gasteiger partial charge in [-0.15, -0.1) is 0 Å². The summed E-state index contributed by atoms with van der Waals surface area (Å²) in [7, 11) is -1.34. The highest BCUT2D eigenvalue weighted by atomic mass is 28.3. The van der Waals surface area contributed by atoms with Gasteiger partial charge in [-0.05, 0) is 13.3 Å². The molecule has 3 heteroatoms. The molecule has 20 heavy (non-hydrogen) atoms. The fraction of sp³-hybridized carbons (Fsp3) is 0.765. The van der Waals surface area contributed by atoms with Crippen LogP contribution in [0.2, 0.25) is 18.6 Å². The first-order chi connectivity index (χ1) is 9.51. The van der Waals surface area contributed by atoms with Gasteiger partial charge < -0.3 is 9.47 Å². The van der Waals surface area contributed by atoms with E-state index in [1.54, 1.807) is 5.20 Å². The molecule has 1 atom stereocenters. The van der Waals surface area contributed by atoms with Crippen LogP contribution in [0.3, 0.4) is 0 Å². The molecule has 1 heterocycles. The normalized spacial score (nSPS) is 19.2. The van der Waals surface area contributed by atoms with Crippen molar-refractivity contribution in [2.45, 2.75) is 64.8 Å². The molecule has 0 radical (unpaired) electrons. The third-order valence-electron chi connectivity index (χ3n) is 4.04. The maximum absolute atomic E-state index is 5.90. The molecule has 0 aromatic rings. The molecule has 2 nitrogen and oxygen atoms in total. The van der Waals surface area contributed by atoms with Crippen molar-refractivity contribution in [3.05, 3.63) is 23.4 Å². The zero-order valence-corrected chi connectivity index (χ0v) is 14.8. The Balaban J connectivity index is 2.69. The van der Waals surface area contributed by atoms with Crippen molar-refractivity contribution in [2.75, 3.05) is 19.8 Å². The van der Waals surface area contributed by atoms with Gasteiger partial charge in [-0.1, -0.05) is 68.7 Å². The van der Waals surface area contributed by atoms with Crippen LogP contribution in [0.4, 0.5) is 0 Å². The van der Waals surface area contributed by atoms with E-state index in [0.29, 0.717) is 6.10 Å². The molecule has 0 unspecified atom stereocenters. The van der Waals surface area contributed by atoms with Crippen molar-refractivity contribution < 1.29 is 9.47 Å². The minimum absolute atomic E-state index is 0.364. The number of rotatable bonds is 11. The molecular formula is C17H32O2Si. The van der Waals surface area contributed by atoms with Crippen molar-refractivity contribution in [1.29, 1.82) is 0 Å². The smallest absolute Gasteiger partial charge is 0.104 e. The molecule has 0 aromatic carbocycles. The number of hydrogen-bond donors (Lipinski definition) is 0. The zero-order valence-electron chi connectivity index (χ0n) is 13.8. The first-order valence-corrected chi connectivity index (χ1v) is 11.0. The van der Waals surface area contributed by atoms with E-state index in [1.165, 1.54) is 30.5 Å². The van der Waals surface area contributed by atoms with Crippen LogP contribution in [-0.4, -0.2) is 34.0 Å². The number of allylic oxidation sites excluding steroid dienone is 2. The molecule has 1 rings (SSSR count). The largest absolute Gasteiger partial charge is 0.375 e. The maximum atomic E-state index is 5.90. The Morgan fingerprint density at radius 1 is 1.35 bits per heavy atom. The fourth-order valence-electron chi connectivity index (χ4n) is 2.79. The summed E-state index contributed by atoms with van der Waals surface area (Å²) in [6.45, 7) is 15.7. The van der Waals surface area contributed by atoms with Gasteiger partial charge in [0, 0.05) is 0 Å². The van der Waals surface area contributed by atoms with Gasteiger partial charge in [0.2, 0.25) is 0 Å². The highest BCUT2D eigenvalue weighted by Crippen LogP contribution is 2.29. The van der Waals surface area contributed by atoms with Crippen LogP contribution in [-0.2, 0) is 9.47 Å². The topological polar surface area (TPSA) is 21.8 Å². The zero-order chi connectivity index (χ0) is 15.0. The summed E-state index contributed by atoms with van der Waals surface area (Å²) < 4.78 is 11.1. The highest BCUT2D eigenvalue weighted by Gasteiger charge is 2.30. The highest BCUT2D eigenvalue weighted by molar-refractivity contribution is 6.85. The third-order valence-corrected chi connectivity index (χ3v) is 9.15. The summed E-state index contributed by atoms with van der Waals surface area (Å²) in [5.41, 5.74) is 1.23. The van der Waals surface area contributed by atoms with Crippen LogP contribution in [0, 0.1) is 0 Å². The third kappa shape index (κ3) is 6.38. The molecule has 0 saturated carbocycles. The van der Waals surface area contributed by atoms with Gasteiger partial charge in [0.05, 0.1) is 27.9 Å². The molecule has 116 valence electrons. The Bertz CT molecular complexity index is 326. The fourth-order valence-corrected chi connectivity index (χ4v) is 6.94. The molecule has 1 fully saturated rings. The average molecular weight is 297 g/mol. The van der Waals surface area contributed by atoms with Crippen LogP contribution >= 0.6 is 0 Å². The van der Waals surface area contributed by atoms with E-state index in [0.717, 1.165) is 26.2 Å². The summed E-state index contributed by atoms with van der Waals surface area (Å²) in [4.78, 5) is 0. The lowest BCUT2D eigenvalue weighted by atomic mass is 10.2. The average Bonchev–Trinajstić information content (AvgIpc) is 3.17. The van der Waals surface area contributed by atoms with Gasteiger partial charge >= 0.3 is 0 Å². The van der Waals surface area contributed by atoms with E-state index in [2.05, 4.69) is 40.0 Å². The Labute approximate surface area is 126 Å². The minimum atomic E-state index is -1.34. The van der Waals surface area contributed by atoms with Crippen LogP contribution in [0.25, 0.3) is 0 Å². The van der Waals surface area contributed by atoms with E-state index in [1.807, 2.05) is 0 Å². The molecule has 0 aromatic heterocycles. The summed E-state index contributed by atoms with van der Waals surface area (Å²) >= 11 is 0. The van der Waals surface area contributed by atoms with E-state index < -0.39 is 8.07 Å². The second-order valence-electron chi connectivity index (χ2n) is 6.42. The molecule has 0 N–H and O–H groups in total. The van der Waals surface area contributed by atoms with Crippen molar-refractivity contribution in [3.63, 3.8) is 0 Å². The van der Waals surface area contributed by atoms with Crippen LogP contribution < -0.4 is 0 Å². The van der Waals surface area contributed by atoms with Crippen molar-refractivity contribution in [2.24, 2.45) is 0 Å².